The summed E-state index contributed by atoms with van der Waals surface area (Å²) in [6, 6.07) is 6.23. The monoisotopic (exact) mass is 276 g/mol. The van der Waals surface area contributed by atoms with Gasteiger partial charge in [-0.1, -0.05) is 20.8 Å². The molecule has 0 aromatic heterocycles. The topological polar surface area (TPSA) is 63.5 Å². The molecule has 1 aromatic carbocycles. The maximum absolute atomic E-state index is 9.04. The van der Waals surface area contributed by atoms with Gasteiger partial charge in [0.15, 0.2) is 17.6 Å². The molecule has 0 amide bonds. The standard InChI is InChI=1S/C15H20N2O3/c1-4-12(7-16)20-13-6-15-14(18-9-19-15)5-11(13)8-17-10(2)3/h5-6,10,12,17H,4,8-9H2,1-3H3. The number of hydrogen-bond donors (Lipinski definition) is 1. The lowest BCUT2D eigenvalue weighted by atomic mass is 10.1. The van der Waals surface area contributed by atoms with E-state index < -0.39 is 6.10 Å². The van der Waals surface area contributed by atoms with Crippen molar-refractivity contribution in [3.8, 4) is 23.3 Å². The zero-order valence-electron chi connectivity index (χ0n) is 12.1. The van der Waals surface area contributed by atoms with Gasteiger partial charge in [0, 0.05) is 24.2 Å². The Morgan fingerprint density at radius 2 is 2.05 bits per heavy atom. The Bertz CT molecular complexity index is 509. The van der Waals surface area contributed by atoms with Crippen LogP contribution in [0.25, 0.3) is 0 Å². The molecule has 2 rings (SSSR count). The Morgan fingerprint density at radius 3 is 2.65 bits per heavy atom. The second-order valence-corrected chi connectivity index (χ2v) is 4.99. The summed E-state index contributed by atoms with van der Waals surface area (Å²) in [6.45, 7) is 6.97. The van der Waals surface area contributed by atoms with Crippen LogP contribution in [0.4, 0.5) is 0 Å². The van der Waals surface area contributed by atoms with E-state index >= 15 is 0 Å². The van der Waals surface area contributed by atoms with Crippen molar-refractivity contribution >= 4 is 0 Å². The van der Waals surface area contributed by atoms with Crippen LogP contribution in [0.5, 0.6) is 17.2 Å². The van der Waals surface area contributed by atoms with Crippen LogP contribution in [-0.4, -0.2) is 18.9 Å². The van der Waals surface area contributed by atoms with Crippen molar-refractivity contribution < 1.29 is 14.2 Å². The van der Waals surface area contributed by atoms with Crippen molar-refractivity contribution in [2.45, 2.75) is 45.9 Å². The molecule has 0 bridgehead atoms. The summed E-state index contributed by atoms with van der Waals surface area (Å²) in [6.07, 6.45) is 0.190. The van der Waals surface area contributed by atoms with Crippen molar-refractivity contribution in [3.63, 3.8) is 0 Å². The highest BCUT2D eigenvalue weighted by atomic mass is 16.7. The van der Waals surface area contributed by atoms with E-state index in [0.717, 1.165) is 11.3 Å². The van der Waals surface area contributed by atoms with Gasteiger partial charge in [0.1, 0.15) is 11.8 Å². The Kier molecular flexibility index (Phi) is 4.70. The largest absolute Gasteiger partial charge is 0.475 e. The van der Waals surface area contributed by atoms with E-state index in [1.165, 1.54) is 0 Å². The van der Waals surface area contributed by atoms with Gasteiger partial charge in [-0.2, -0.15) is 5.26 Å². The summed E-state index contributed by atoms with van der Waals surface area (Å²) in [5.41, 5.74) is 0.969. The zero-order chi connectivity index (χ0) is 14.5. The molecular formula is C15H20N2O3. The summed E-state index contributed by atoms with van der Waals surface area (Å²) in [5.74, 6) is 2.07. The van der Waals surface area contributed by atoms with Gasteiger partial charge >= 0.3 is 0 Å². The van der Waals surface area contributed by atoms with Gasteiger partial charge in [-0.3, -0.25) is 0 Å². The first-order valence-electron chi connectivity index (χ1n) is 6.86. The minimum absolute atomic E-state index is 0.227. The molecule has 0 spiro atoms. The molecule has 0 fully saturated rings. The van der Waals surface area contributed by atoms with Crippen LogP contribution in [0.1, 0.15) is 32.8 Å². The summed E-state index contributed by atoms with van der Waals surface area (Å²) >= 11 is 0. The first-order chi connectivity index (χ1) is 9.63. The molecule has 20 heavy (non-hydrogen) atoms. The Morgan fingerprint density at radius 1 is 1.35 bits per heavy atom. The fraction of sp³-hybridized carbons (Fsp3) is 0.533. The number of nitriles is 1. The molecule has 0 aliphatic carbocycles. The van der Waals surface area contributed by atoms with Crippen LogP contribution >= 0.6 is 0 Å². The van der Waals surface area contributed by atoms with Gasteiger partial charge < -0.3 is 19.5 Å². The van der Waals surface area contributed by atoms with Gasteiger partial charge in [-0.15, -0.1) is 0 Å². The molecule has 1 aliphatic heterocycles. The van der Waals surface area contributed by atoms with E-state index in [-0.39, 0.29) is 6.79 Å². The van der Waals surface area contributed by atoms with Crippen molar-refractivity contribution in [1.29, 1.82) is 5.26 Å². The number of benzene rings is 1. The number of nitrogens with one attached hydrogen (secondary N) is 1. The van der Waals surface area contributed by atoms with Gasteiger partial charge in [-0.25, -0.2) is 0 Å². The molecular weight excluding hydrogens is 256 g/mol. The average molecular weight is 276 g/mol. The van der Waals surface area contributed by atoms with Gasteiger partial charge in [0.05, 0.1) is 0 Å². The highest BCUT2D eigenvalue weighted by Crippen LogP contribution is 2.38. The second kappa shape index (κ2) is 6.49. The second-order valence-electron chi connectivity index (χ2n) is 4.99. The molecule has 1 aliphatic rings. The highest BCUT2D eigenvalue weighted by molar-refractivity contribution is 5.52. The SMILES string of the molecule is CCC(C#N)Oc1cc2c(cc1CNC(C)C)OCO2. The summed E-state index contributed by atoms with van der Waals surface area (Å²) in [4.78, 5) is 0. The van der Waals surface area contributed by atoms with E-state index in [2.05, 4.69) is 25.2 Å². The van der Waals surface area contributed by atoms with Crippen molar-refractivity contribution in [3.05, 3.63) is 17.7 Å². The van der Waals surface area contributed by atoms with Crippen molar-refractivity contribution in [2.24, 2.45) is 0 Å². The molecule has 0 saturated carbocycles. The number of rotatable bonds is 6. The van der Waals surface area contributed by atoms with Crippen LogP contribution < -0.4 is 19.5 Å². The van der Waals surface area contributed by atoms with E-state index in [4.69, 9.17) is 19.5 Å². The Labute approximate surface area is 119 Å². The van der Waals surface area contributed by atoms with Crippen molar-refractivity contribution in [2.75, 3.05) is 6.79 Å². The summed E-state index contributed by atoms with van der Waals surface area (Å²) < 4.78 is 16.5. The Balaban J connectivity index is 2.24. The molecule has 5 nitrogen and oxygen atoms in total. The number of hydrogen-bond acceptors (Lipinski definition) is 5. The van der Waals surface area contributed by atoms with Crippen LogP contribution in [-0.2, 0) is 6.54 Å². The molecule has 1 atom stereocenters. The van der Waals surface area contributed by atoms with Gasteiger partial charge in [-0.05, 0) is 12.5 Å². The quantitative estimate of drug-likeness (QED) is 0.865. The lowest BCUT2D eigenvalue weighted by Crippen LogP contribution is -2.23. The van der Waals surface area contributed by atoms with E-state index in [1.807, 2.05) is 13.0 Å². The Hall–Kier alpha value is -1.93. The normalized spacial score (nSPS) is 14.2. The zero-order valence-corrected chi connectivity index (χ0v) is 12.1. The van der Waals surface area contributed by atoms with E-state index in [9.17, 15) is 0 Å². The molecule has 108 valence electrons. The lowest BCUT2D eigenvalue weighted by molar-refractivity contribution is 0.173. The number of ether oxygens (including phenoxy) is 3. The third kappa shape index (κ3) is 3.34. The molecule has 0 radical (unpaired) electrons. The molecule has 1 N–H and O–H groups in total. The fourth-order valence-corrected chi connectivity index (χ4v) is 1.88. The van der Waals surface area contributed by atoms with Gasteiger partial charge in [0.2, 0.25) is 6.79 Å². The number of nitrogens with zero attached hydrogens (tertiary/aromatic N) is 1. The first kappa shape index (κ1) is 14.5. The maximum Gasteiger partial charge on any atom is 0.231 e. The van der Waals surface area contributed by atoms with Gasteiger partial charge in [0.25, 0.3) is 0 Å². The third-order valence-electron chi connectivity index (χ3n) is 3.04. The smallest absolute Gasteiger partial charge is 0.231 e. The lowest BCUT2D eigenvalue weighted by Gasteiger charge is -2.16. The maximum atomic E-state index is 9.04. The minimum Gasteiger partial charge on any atom is -0.475 e. The average Bonchev–Trinajstić information content (AvgIpc) is 2.88. The predicted octanol–water partition coefficient (Wildman–Crippen LogP) is 2.59. The predicted molar refractivity (Wildman–Crippen MR) is 74.9 cm³/mol. The highest BCUT2D eigenvalue weighted by Gasteiger charge is 2.19. The molecule has 1 unspecified atom stereocenters. The molecule has 5 heteroatoms. The minimum atomic E-state index is -0.451. The van der Waals surface area contributed by atoms with E-state index in [0.29, 0.717) is 30.5 Å². The third-order valence-corrected chi connectivity index (χ3v) is 3.04. The number of fused-ring (bicyclic) bond motifs is 1. The summed E-state index contributed by atoms with van der Waals surface area (Å²) in [5, 5.41) is 12.4. The fourth-order valence-electron chi connectivity index (χ4n) is 1.88. The molecule has 1 heterocycles. The van der Waals surface area contributed by atoms with Crippen LogP contribution in [0.2, 0.25) is 0 Å². The van der Waals surface area contributed by atoms with Crippen molar-refractivity contribution in [1.82, 2.24) is 5.32 Å². The van der Waals surface area contributed by atoms with Crippen LogP contribution in [0.15, 0.2) is 12.1 Å². The van der Waals surface area contributed by atoms with E-state index in [1.54, 1.807) is 6.07 Å². The van der Waals surface area contributed by atoms with Crippen LogP contribution in [0.3, 0.4) is 0 Å². The summed E-state index contributed by atoms with van der Waals surface area (Å²) in [7, 11) is 0. The molecule has 1 aromatic rings. The molecule has 0 saturated heterocycles. The van der Waals surface area contributed by atoms with Crippen LogP contribution in [0, 0.1) is 11.3 Å². The first-order valence-corrected chi connectivity index (χ1v) is 6.86.